The molecule has 11 heteroatoms. The maximum Gasteiger partial charge on any atom is 0.446 e. The lowest BCUT2D eigenvalue weighted by atomic mass is 10.1. The lowest BCUT2D eigenvalue weighted by molar-refractivity contribution is -0.121. The van der Waals surface area contributed by atoms with Gasteiger partial charge in [0.1, 0.15) is 11.9 Å². The highest BCUT2D eigenvalue weighted by atomic mass is 32.2. The monoisotopic (exact) mass is 422 g/mol. The Morgan fingerprint density at radius 1 is 1.15 bits per heavy atom. The molecule has 2 aromatic carbocycles. The molecule has 146 valence electrons. The van der Waals surface area contributed by atoms with E-state index in [0.717, 1.165) is 43.4 Å². The fourth-order valence-corrected chi connectivity index (χ4v) is 4.20. The van der Waals surface area contributed by atoms with Gasteiger partial charge < -0.3 is 5.73 Å². The smallest absolute Gasteiger partial charge is 0.368 e. The van der Waals surface area contributed by atoms with Gasteiger partial charge in [0.2, 0.25) is 15.9 Å². The molecular formula is C16H14F4N2O3S2. The summed E-state index contributed by atoms with van der Waals surface area (Å²) in [6, 6.07) is 7.22. The number of nitrogens with zero attached hydrogens (tertiary/aromatic N) is 1. The number of thioether (sulfide) groups is 1. The van der Waals surface area contributed by atoms with Crippen LogP contribution in [0.5, 0.6) is 0 Å². The molecule has 0 heterocycles. The molecular weight excluding hydrogens is 408 g/mol. The average molecular weight is 422 g/mol. The first-order chi connectivity index (χ1) is 12.4. The van der Waals surface area contributed by atoms with Crippen LogP contribution >= 0.6 is 11.8 Å². The van der Waals surface area contributed by atoms with Crippen molar-refractivity contribution in [1.82, 2.24) is 4.31 Å². The maximum atomic E-state index is 13.4. The molecule has 5 nitrogen and oxygen atoms in total. The number of hydrogen-bond donors (Lipinski definition) is 1. The van der Waals surface area contributed by atoms with Crippen LogP contribution in [0, 0.1) is 5.82 Å². The van der Waals surface area contributed by atoms with Gasteiger partial charge in [-0.3, -0.25) is 4.79 Å². The molecule has 0 aliphatic rings. The molecule has 1 atom stereocenters. The largest absolute Gasteiger partial charge is 0.446 e. The molecule has 0 aromatic heterocycles. The van der Waals surface area contributed by atoms with Gasteiger partial charge in [-0.15, -0.1) is 0 Å². The number of hydrogen-bond acceptors (Lipinski definition) is 4. The van der Waals surface area contributed by atoms with Crippen molar-refractivity contribution in [2.45, 2.75) is 21.3 Å². The van der Waals surface area contributed by atoms with Crippen LogP contribution in [-0.2, 0) is 14.8 Å². The summed E-state index contributed by atoms with van der Waals surface area (Å²) in [6.07, 6.45) is 0. The third-order valence-corrected chi connectivity index (χ3v) is 6.11. The number of carbonyl (C=O) groups excluding carboxylic acids is 1. The number of carbonyl (C=O) groups is 1. The molecule has 2 aromatic rings. The van der Waals surface area contributed by atoms with Crippen LogP contribution in [0.3, 0.4) is 0 Å². The Kier molecular flexibility index (Phi) is 6.17. The molecule has 0 aliphatic carbocycles. The minimum absolute atomic E-state index is 0.0258. The van der Waals surface area contributed by atoms with E-state index in [9.17, 15) is 30.8 Å². The molecule has 0 saturated heterocycles. The normalized spacial score (nSPS) is 13.6. The van der Waals surface area contributed by atoms with Crippen LogP contribution in [-0.4, -0.2) is 31.2 Å². The summed E-state index contributed by atoms with van der Waals surface area (Å²) in [4.78, 5) is 11.3. The number of halogens is 4. The summed E-state index contributed by atoms with van der Waals surface area (Å²) >= 11 is -0.386. The van der Waals surface area contributed by atoms with Crippen LogP contribution in [0.25, 0.3) is 0 Å². The first kappa shape index (κ1) is 21.2. The quantitative estimate of drug-likeness (QED) is 0.572. The minimum atomic E-state index is -4.51. The van der Waals surface area contributed by atoms with Gasteiger partial charge in [0.05, 0.1) is 4.90 Å². The highest BCUT2D eigenvalue weighted by Crippen LogP contribution is 2.37. The molecule has 2 rings (SSSR count). The van der Waals surface area contributed by atoms with Gasteiger partial charge in [-0.2, -0.15) is 17.5 Å². The number of amides is 1. The van der Waals surface area contributed by atoms with Crippen molar-refractivity contribution >= 4 is 27.7 Å². The van der Waals surface area contributed by atoms with Crippen molar-refractivity contribution in [3.05, 3.63) is 59.9 Å². The lowest BCUT2D eigenvalue weighted by Crippen LogP contribution is -2.39. The molecule has 0 fully saturated rings. The molecule has 0 saturated carbocycles. The fraction of sp³-hybridized carbons (Fsp3) is 0.188. The van der Waals surface area contributed by atoms with E-state index < -0.39 is 33.3 Å². The third-order valence-electron chi connectivity index (χ3n) is 3.53. The Morgan fingerprint density at radius 2 is 1.74 bits per heavy atom. The zero-order chi connectivity index (χ0) is 20.4. The third kappa shape index (κ3) is 5.21. The lowest BCUT2D eigenvalue weighted by Gasteiger charge is -2.25. The van der Waals surface area contributed by atoms with E-state index in [4.69, 9.17) is 5.73 Å². The topological polar surface area (TPSA) is 80.5 Å². The first-order valence-electron chi connectivity index (χ1n) is 7.30. The van der Waals surface area contributed by atoms with Gasteiger partial charge in [0, 0.05) is 11.9 Å². The number of primary amides is 1. The molecule has 0 radical (unpaired) electrons. The Balaban J connectivity index is 2.37. The molecule has 2 N–H and O–H groups in total. The predicted molar refractivity (Wildman–Crippen MR) is 91.6 cm³/mol. The number of sulfonamides is 1. The first-order valence-corrected chi connectivity index (χ1v) is 9.56. The van der Waals surface area contributed by atoms with Crippen LogP contribution in [0.4, 0.5) is 17.6 Å². The second-order valence-corrected chi connectivity index (χ2v) is 8.54. The SMILES string of the molecule is CN(C(C(N)=O)c1cccc(F)c1)S(=O)(=O)c1ccc(SC(F)(F)F)cc1. The van der Waals surface area contributed by atoms with Crippen molar-refractivity contribution in [3.63, 3.8) is 0 Å². The summed E-state index contributed by atoms with van der Waals surface area (Å²) < 4.78 is 76.7. The van der Waals surface area contributed by atoms with E-state index in [1.807, 2.05) is 0 Å². The van der Waals surface area contributed by atoms with E-state index in [2.05, 4.69) is 0 Å². The zero-order valence-corrected chi connectivity index (χ0v) is 15.4. The molecule has 27 heavy (non-hydrogen) atoms. The van der Waals surface area contributed by atoms with Crippen molar-refractivity contribution in [1.29, 1.82) is 0 Å². The predicted octanol–water partition coefficient (Wildman–Crippen LogP) is 3.28. The van der Waals surface area contributed by atoms with Crippen LogP contribution in [0.1, 0.15) is 11.6 Å². The van der Waals surface area contributed by atoms with Gasteiger partial charge in [-0.25, -0.2) is 12.8 Å². The van der Waals surface area contributed by atoms with Crippen molar-refractivity contribution in [2.75, 3.05) is 7.05 Å². The van der Waals surface area contributed by atoms with Crippen molar-refractivity contribution in [3.8, 4) is 0 Å². The Morgan fingerprint density at radius 3 is 2.22 bits per heavy atom. The number of benzene rings is 2. The Hall–Kier alpha value is -2.11. The highest BCUT2D eigenvalue weighted by molar-refractivity contribution is 8.00. The van der Waals surface area contributed by atoms with E-state index in [-0.39, 0.29) is 27.1 Å². The molecule has 0 aliphatic heterocycles. The summed E-state index contributed by atoms with van der Waals surface area (Å²) in [7, 11) is -3.21. The number of nitrogens with two attached hydrogens (primary N) is 1. The summed E-state index contributed by atoms with van der Waals surface area (Å²) in [6.45, 7) is 0. The van der Waals surface area contributed by atoms with Gasteiger partial charge in [-0.05, 0) is 53.7 Å². The van der Waals surface area contributed by atoms with E-state index in [0.29, 0.717) is 4.31 Å². The summed E-state index contributed by atoms with van der Waals surface area (Å²) in [5.41, 5.74) is 0.810. The standard InChI is InChI=1S/C16H14F4N2O3S2/c1-22(14(15(21)23)10-3-2-4-11(17)9-10)27(24,25)13-7-5-12(6-8-13)26-16(18,19)20/h2-9,14H,1H3,(H2,21,23). The van der Waals surface area contributed by atoms with E-state index in [1.165, 1.54) is 12.1 Å². The summed E-state index contributed by atoms with van der Waals surface area (Å²) in [5.74, 6) is -1.71. The maximum absolute atomic E-state index is 13.4. The fourth-order valence-electron chi connectivity index (χ4n) is 2.35. The summed E-state index contributed by atoms with van der Waals surface area (Å²) in [5, 5.41) is 0. The molecule has 0 spiro atoms. The average Bonchev–Trinajstić information content (AvgIpc) is 2.53. The van der Waals surface area contributed by atoms with Gasteiger partial charge in [0.15, 0.2) is 0 Å². The molecule has 0 bridgehead atoms. The molecule has 1 amide bonds. The highest BCUT2D eigenvalue weighted by Gasteiger charge is 2.34. The Bertz CT molecular complexity index is 931. The van der Waals surface area contributed by atoms with E-state index >= 15 is 0 Å². The number of likely N-dealkylation sites (N-methyl/N-ethyl adjacent to an activating group) is 1. The minimum Gasteiger partial charge on any atom is -0.368 e. The van der Waals surface area contributed by atoms with Gasteiger partial charge in [0.25, 0.3) is 0 Å². The van der Waals surface area contributed by atoms with Crippen LogP contribution < -0.4 is 5.73 Å². The molecule has 1 unspecified atom stereocenters. The number of alkyl halides is 3. The van der Waals surface area contributed by atoms with Crippen LogP contribution in [0.2, 0.25) is 0 Å². The number of rotatable bonds is 6. The van der Waals surface area contributed by atoms with Crippen molar-refractivity contribution in [2.24, 2.45) is 5.73 Å². The second-order valence-electron chi connectivity index (χ2n) is 5.40. The van der Waals surface area contributed by atoms with Crippen molar-refractivity contribution < 1.29 is 30.8 Å². The van der Waals surface area contributed by atoms with Gasteiger partial charge in [-0.1, -0.05) is 12.1 Å². The Labute approximate surface area is 157 Å². The van der Waals surface area contributed by atoms with Crippen LogP contribution in [0.15, 0.2) is 58.3 Å². The second kappa shape index (κ2) is 7.87. The van der Waals surface area contributed by atoms with Gasteiger partial charge >= 0.3 is 5.51 Å². The zero-order valence-electron chi connectivity index (χ0n) is 13.8. The van der Waals surface area contributed by atoms with E-state index in [1.54, 1.807) is 0 Å².